The number of hydrogen-bond donors (Lipinski definition) is 0. The van der Waals surface area contributed by atoms with Gasteiger partial charge >= 0.3 is 0 Å². The van der Waals surface area contributed by atoms with Crippen LogP contribution in [0.5, 0.6) is 0 Å². The predicted molar refractivity (Wildman–Crippen MR) is 242 cm³/mol. The lowest BCUT2D eigenvalue weighted by Crippen LogP contribution is -1.96. The number of hydrogen-bond acceptors (Lipinski definition) is 4. The van der Waals surface area contributed by atoms with E-state index < -0.39 is 0 Å². The number of pyridine rings is 2. The standard InChI is InChI=1S/C54H35N5/c1-6-16-37(17-7-1)46-35-47(57-53(56-46)42-24-14-5-15-25-42)38-28-26-36(27-29-38)43-30-31-44-48(34-43)55-50(39-18-8-2-9-19-39)45-32-33-59-52(41-22-12-4-13-23-41)51(58-54(59)49(44)45)40-20-10-3-11-21-40/h1-35H. The summed E-state index contributed by atoms with van der Waals surface area (Å²) in [4.78, 5) is 20.9. The van der Waals surface area contributed by atoms with E-state index in [4.69, 9.17) is 19.9 Å². The average Bonchev–Trinajstić information content (AvgIpc) is 3.72. The van der Waals surface area contributed by atoms with Crippen LogP contribution in [0, 0.1) is 0 Å². The maximum absolute atomic E-state index is 5.47. The summed E-state index contributed by atoms with van der Waals surface area (Å²) in [6.45, 7) is 0. The van der Waals surface area contributed by atoms with Gasteiger partial charge in [0.25, 0.3) is 0 Å². The van der Waals surface area contributed by atoms with Gasteiger partial charge in [0, 0.05) is 55.7 Å². The van der Waals surface area contributed by atoms with E-state index >= 15 is 0 Å². The second-order valence-electron chi connectivity index (χ2n) is 14.7. The maximum Gasteiger partial charge on any atom is 0.160 e. The molecule has 0 fully saturated rings. The van der Waals surface area contributed by atoms with Gasteiger partial charge in [-0.05, 0) is 29.3 Å². The predicted octanol–water partition coefficient (Wildman–Crippen LogP) is 13.5. The third-order valence-electron chi connectivity index (χ3n) is 11.0. The van der Waals surface area contributed by atoms with Crippen molar-refractivity contribution in [3.05, 3.63) is 212 Å². The molecule has 7 aromatic carbocycles. The van der Waals surface area contributed by atoms with Crippen LogP contribution in [0.1, 0.15) is 0 Å². The average molecular weight is 754 g/mol. The van der Waals surface area contributed by atoms with E-state index in [2.05, 4.69) is 168 Å². The number of imidazole rings is 1. The van der Waals surface area contributed by atoms with Crippen molar-refractivity contribution in [2.45, 2.75) is 0 Å². The molecule has 11 rings (SSSR count). The summed E-state index contributed by atoms with van der Waals surface area (Å²) < 4.78 is 2.25. The van der Waals surface area contributed by atoms with E-state index in [0.717, 1.165) is 100 Å². The third-order valence-corrected chi connectivity index (χ3v) is 11.0. The van der Waals surface area contributed by atoms with Gasteiger partial charge in [-0.25, -0.2) is 19.9 Å². The lowest BCUT2D eigenvalue weighted by molar-refractivity contribution is 1.18. The van der Waals surface area contributed by atoms with Crippen LogP contribution in [0.2, 0.25) is 0 Å². The van der Waals surface area contributed by atoms with E-state index in [0.29, 0.717) is 5.82 Å². The Hall–Kier alpha value is -8.02. The fourth-order valence-electron chi connectivity index (χ4n) is 8.15. The quantitative estimate of drug-likeness (QED) is 0.152. The highest BCUT2D eigenvalue weighted by atomic mass is 15.0. The Morgan fingerprint density at radius 1 is 0.322 bits per heavy atom. The van der Waals surface area contributed by atoms with Crippen molar-refractivity contribution >= 4 is 27.3 Å². The van der Waals surface area contributed by atoms with Crippen LogP contribution in [0.3, 0.4) is 0 Å². The smallest absolute Gasteiger partial charge is 0.160 e. The number of fused-ring (bicyclic) bond motifs is 5. The molecule has 0 saturated heterocycles. The Bertz CT molecular complexity index is 3220. The second-order valence-corrected chi connectivity index (χ2v) is 14.7. The van der Waals surface area contributed by atoms with Gasteiger partial charge in [-0.1, -0.05) is 188 Å². The molecule has 4 heterocycles. The molecule has 0 aliphatic rings. The van der Waals surface area contributed by atoms with Crippen LogP contribution in [0.25, 0.3) is 106 Å². The highest BCUT2D eigenvalue weighted by Gasteiger charge is 2.21. The van der Waals surface area contributed by atoms with Gasteiger partial charge in [-0.3, -0.25) is 4.40 Å². The highest BCUT2D eigenvalue weighted by molar-refractivity contribution is 6.17. The normalized spacial score (nSPS) is 11.4. The van der Waals surface area contributed by atoms with Crippen molar-refractivity contribution < 1.29 is 0 Å². The number of benzene rings is 7. The van der Waals surface area contributed by atoms with Crippen LogP contribution in [-0.4, -0.2) is 24.3 Å². The summed E-state index contributed by atoms with van der Waals surface area (Å²) in [5.41, 5.74) is 15.0. The zero-order valence-electron chi connectivity index (χ0n) is 31.9. The van der Waals surface area contributed by atoms with Crippen molar-refractivity contribution in [2.75, 3.05) is 0 Å². The first-order valence-electron chi connectivity index (χ1n) is 19.8. The second kappa shape index (κ2) is 14.5. The fourth-order valence-corrected chi connectivity index (χ4v) is 8.15. The Balaban J connectivity index is 1.07. The molecule has 5 heteroatoms. The minimum absolute atomic E-state index is 0.700. The van der Waals surface area contributed by atoms with Gasteiger partial charge < -0.3 is 0 Å². The Morgan fingerprint density at radius 3 is 1.42 bits per heavy atom. The van der Waals surface area contributed by atoms with Crippen molar-refractivity contribution in [2.24, 2.45) is 0 Å². The number of nitrogens with zero attached hydrogens (tertiary/aromatic N) is 5. The number of aromatic nitrogens is 5. The van der Waals surface area contributed by atoms with Crippen LogP contribution in [0.15, 0.2) is 212 Å². The van der Waals surface area contributed by atoms with Gasteiger partial charge in [-0.15, -0.1) is 0 Å². The molecule has 0 N–H and O–H groups in total. The van der Waals surface area contributed by atoms with E-state index in [-0.39, 0.29) is 0 Å². The minimum atomic E-state index is 0.700. The zero-order chi connectivity index (χ0) is 39.1. The number of rotatable bonds is 7. The Kier molecular flexibility index (Phi) is 8.41. The summed E-state index contributed by atoms with van der Waals surface area (Å²) in [6.07, 6.45) is 2.15. The van der Waals surface area contributed by atoms with Crippen molar-refractivity contribution in [3.8, 4) is 78.8 Å². The van der Waals surface area contributed by atoms with Crippen molar-refractivity contribution in [1.82, 2.24) is 24.3 Å². The molecule has 0 bridgehead atoms. The van der Waals surface area contributed by atoms with Crippen LogP contribution in [-0.2, 0) is 0 Å². The summed E-state index contributed by atoms with van der Waals surface area (Å²) in [7, 11) is 0. The SMILES string of the molecule is c1ccc(-c2cc(-c3ccc(-c4ccc5c(c4)nc(-c4ccccc4)c4ccn6c(-c7ccccc7)c(-c7ccccc7)nc6c45)cc3)nc(-c3ccccc3)n2)cc1. The molecular formula is C54H35N5. The maximum atomic E-state index is 5.47. The first-order valence-corrected chi connectivity index (χ1v) is 19.8. The summed E-state index contributed by atoms with van der Waals surface area (Å²) in [6, 6.07) is 71.5. The molecular weight excluding hydrogens is 719 g/mol. The molecule has 0 aliphatic heterocycles. The molecule has 0 atom stereocenters. The van der Waals surface area contributed by atoms with Crippen molar-refractivity contribution in [1.29, 1.82) is 0 Å². The molecule has 0 radical (unpaired) electrons. The van der Waals surface area contributed by atoms with E-state index in [1.54, 1.807) is 0 Å². The molecule has 0 spiro atoms. The first kappa shape index (κ1) is 34.2. The Labute approximate surface area is 341 Å². The van der Waals surface area contributed by atoms with Crippen LogP contribution < -0.4 is 0 Å². The molecule has 4 aromatic heterocycles. The molecule has 276 valence electrons. The van der Waals surface area contributed by atoms with Crippen LogP contribution >= 0.6 is 0 Å². The van der Waals surface area contributed by atoms with Gasteiger partial charge in [0.2, 0.25) is 0 Å². The Morgan fingerprint density at radius 2 is 0.814 bits per heavy atom. The molecule has 0 aliphatic carbocycles. The largest absolute Gasteiger partial charge is 0.298 e. The molecule has 0 amide bonds. The third kappa shape index (κ3) is 6.22. The van der Waals surface area contributed by atoms with E-state index in [9.17, 15) is 0 Å². The van der Waals surface area contributed by atoms with Crippen LogP contribution in [0.4, 0.5) is 0 Å². The summed E-state index contributed by atoms with van der Waals surface area (Å²) in [5, 5.41) is 3.19. The van der Waals surface area contributed by atoms with Gasteiger partial charge in [0.15, 0.2) is 5.82 Å². The van der Waals surface area contributed by atoms with Gasteiger partial charge in [-0.2, -0.15) is 0 Å². The highest BCUT2D eigenvalue weighted by Crippen LogP contribution is 2.40. The minimum Gasteiger partial charge on any atom is -0.298 e. The summed E-state index contributed by atoms with van der Waals surface area (Å²) >= 11 is 0. The van der Waals surface area contributed by atoms with Gasteiger partial charge in [0.05, 0.1) is 34.0 Å². The molecule has 0 saturated carbocycles. The van der Waals surface area contributed by atoms with Gasteiger partial charge in [0.1, 0.15) is 5.65 Å². The lowest BCUT2D eigenvalue weighted by Gasteiger charge is -2.13. The molecule has 59 heavy (non-hydrogen) atoms. The molecule has 11 aromatic rings. The topological polar surface area (TPSA) is 56.0 Å². The lowest BCUT2D eigenvalue weighted by atomic mass is 9.97. The summed E-state index contributed by atoms with van der Waals surface area (Å²) in [5.74, 6) is 0.700. The zero-order valence-corrected chi connectivity index (χ0v) is 31.9. The first-order chi connectivity index (χ1) is 29.2. The van der Waals surface area contributed by atoms with E-state index in [1.807, 2.05) is 48.5 Å². The monoisotopic (exact) mass is 753 g/mol. The van der Waals surface area contributed by atoms with Crippen molar-refractivity contribution in [3.63, 3.8) is 0 Å². The van der Waals surface area contributed by atoms with E-state index in [1.165, 1.54) is 0 Å². The fraction of sp³-hybridized carbons (Fsp3) is 0. The molecule has 5 nitrogen and oxygen atoms in total. The molecule has 0 unspecified atom stereocenters.